The minimum atomic E-state index is -0.789. The summed E-state index contributed by atoms with van der Waals surface area (Å²) in [4.78, 5) is 28.8. The van der Waals surface area contributed by atoms with E-state index in [9.17, 15) is 14.0 Å². The van der Waals surface area contributed by atoms with Crippen LogP contribution in [0.3, 0.4) is 0 Å². The Kier molecular flexibility index (Phi) is 11.8. The molecule has 0 saturated heterocycles. The molecule has 0 fully saturated rings. The number of carbonyl (C=O) groups excluding carboxylic acids is 2. The number of amides is 2. The van der Waals surface area contributed by atoms with Crippen molar-refractivity contribution in [2.24, 2.45) is 0 Å². The van der Waals surface area contributed by atoms with Crippen molar-refractivity contribution in [2.75, 3.05) is 5.75 Å². The molecule has 4 nitrogen and oxygen atoms in total. The molecule has 2 amide bonds. The average Bonchev–Trinajstić information content (AvgIpc) is 2.89. The van der Waals surface area contributed by atoms with Crippen LogP contribution in [0, 0.1) is 5.82 Å². The first kappa shape index (κ1) is 30.3. The second kappa shape index (κ2) is 14.8. The molecule has 38 heavy (non-hydrogen) atoms. The Bertz CT molecular complexity index is 1230. The van der Waals surface area contributed by atoms with E-state index in [1.54, 1.807) is 35.2 Å². The van der Waals surface area contributed by atoms with Crippen molar-refractivity contribution in [1.29, 1.82) is 0 Å². The molecule has 0 bridgehead atoms. The molecular formula is C29H30Cl3FN2O2S. The van der Waals surface area contributed by atoms with Gasteiger partial charge in [0.1, 0.15) is 11.9 Å². The van der Waals surface area contributed by atoms with E-state index in [-0.39, 0.29) is 35.9 Å². The molecule has 3 aromatic carbocycles. The highest BCUT2D eigenvalue weighted by Gasteiger charge is 2.31. The molecule has 3 rings (SSSR count). The number of halogens is 4. The van der Waals surface area contributed by atoms with Crippen molar-refractivity contribution in [3.8, 4) is 0 Å². The van der Waals surface area contributed by atoms with Gasteiger partial charge >= 0.3 is 0 Å². The Labute approximate surface area is 242 Å². The van der Waals surface area contributed by atoms with Crippen molar-refractivity contribution < 1.29 is 14.0 Å². The third kappa shape index (κ3) is 8.63. The molecule has 0 aliphatic heterocycles. The highest BCUT2D eigenvalue weighted by Crippen LogP contribution is 2.27. The SMILES string of the molecule is CC[C@H](C)NC(=O)[C@H](Cc1ccccc1)N(Cc1ccc(Cl)cc1Cl)C(=O)CSCc1c(F)cccc1Cl. The highest BCUT2D eigenvalue weighted by molar-refractivity contribution is 7.99. The fraction of sp³-hybridized carbons (Fsp3) is 0.310. The van der Waals surface area contributed by atoms with Gasteiger partial charge in [-0.15, -0.1) is 11.8 Å². The molecule has 3 aromatic rings. The number of hydrogen-bond acceptors (Lipinski definition) is 3. The lowest BCUT2D eigenvalue weighted by Crippen LogP contribution is -2.52. The van der Waals surface area contributed by atoms with E-state index in [2.05, 4.69) is 5.32 Å². The number of thioether (sulfide) groups is 1. The summed E-state index contributed by atoms with van der Waals surface area (Å²) in [7, 11) is 0. The molecule has 202 valence electrons. The maximum atomic E-state index is 14.3. The summed E-state index contributed by atoms with van der Waals surface area (Å²) >= 11 is 20.0. The summed E-state index contributed by atoms with van der Waals surface area (Å²) in [6.45, 7) is 4.02. The smallest absolute Gasteiger partial charge is 0.243 e. The minimum absolute atomic E-state index is 0.0256. The molecule has 1 N–H and O–H groups in total. The maximum Gasteiger partial charge on any atom is 0.243 e. The van der Waals surface area contributed by atoms with Gasteiger partial charge in [0.25, 0.3) is 0 Å². The lowest BCUT2D eigenvalue weighted by molar-refractivity contribution is -0.139. The zero-order valence-electron chi connectivity index (χ0n) is 21.2. The first-order valence-corrected chi connectivity index (χ1v) is 14.6. The second-order valence-electron chi connectivity index (χ2n) is 8.97. The van der Waals surface area contributed by atoms with Crippen molar-refractivity contribution in [3.63, 3.8) is 0 Å². The van der Waals surface area contributed by atoms with Crippen LogP contribution in [0.2, 0.25) is 15.1 Å². The number of benzene rings is 3. The van der Waals surface area contributed by atoms with Gasteiger partial charge in [-0.1, -0.05) is 84.2 Å². The third-order valence-corrected chi connectivity index (χ3v) is 8.05. The number of carbonyl (C=O) groups is 2. The van der Waals surface area contributed by atoms with Gasteiger partial charge in [0.2, 0.25) is 11.8 Å². The maximum absolute atomic E-state index is 14.3. The van der Waals surface area contributed by atoms with E-state index in [1.807, 2.05) is 44.2 Å². The van der Waals surface area contributed by atoms with Gasteiger partial charge in [-0.3, -0.25) is 9.59 Å². The van der Waals surface area contributed by atoms with Crippen molar-refractivity contribution >= 4 is 58.4 Å². The highest BCUT2D eigenvalue weighted by atomic mass is 35.5. The molecule has 0 saturated carbocycles. The summed E-state index contributed by atoms with van der Waals surface area (Å²) in [5.41, 5.74) is 1.93. The van der Waals surface area contributed by atoms with Gasteiger partial charge in [0, 0.05) is 45.4 Å². The molecule has 0 aliphatic carbocycles. The van der Waals surface area contributed by atoms with Crippen LogP contribution in [-0.2, 0) is 28.3 Å². The van der Waals surface area contributed by atoms with E-state index in [1.165, 1.54) is 17.8 Å². The van der Waals surface area contributed by atoms with Crippen LogP contribution in [0.15, 0.2) is 66.7 Å². The first-order valence-electron chi connectivity index (χ1n) is 12.3. The molecule has 0 aromatic heterocycles. The third-order valence-electron chi connectivity index (χ3n) is 6.16. The van der Waals surface area contributed by atoms with E-state index in [4.69, 9.17) is 34.8 Å². The monoisotopic (exact) mass is 594 g/mol. The molecule has 9 heteroatoms. The molecule has 0 radical (unpaired) electrons. The normalized spacial score (nSPS) is 12.6. The number of nitrogens with one attached hydrogen (secondary N) is 1. The zero-order valence-corrected chi connectivity index (χ0v) is 24.3. The zero-order chi connectivity index (χ0) is 27.7. The van der Waals surface area contributed by atoms with Crippen LogP contribution in [0.1, 0.15) is 37.0 Å². The fourth-order valence-corrected chi connectivity index (χ4v) is 5.54. The quantitative estimate of drug-likeness (QED) is 0.235. The summed E-state index contributed by atoms with van der Waals surface area (Å²) in [5.74, 6) is -0.692. The van der Waals surface area contributed by atoms with Crippen LogP contribution in [0.4, 0.5) is 4.39 Å². The van der Waals surface area contributed by atoms with Crippen molar-refractivity contribution in [1.82, 2.24) is 10.2 Å². The lowest BCUT2D eigenvalue weighted by atomic mass is 10.0. The summed E-state index contributed by atoms with van der Waals surface area (Å²) in [6.07, 6.45) is 1.07. The summed E-state index contributed by atoms with van der Waals surface area (Å²) in [5, 5.41) is 4.22. The van der Waals surface area contributed by atoms with Gasteiger partial charge in [-0.05, 0) is 48.7 Å². The van der Waals surface area contributed by atoms with Crippen LogP contribution in [-0.4, -0.2) is 34.6 Å². The summed E-state index contributed by atoms with van der Waals surface area (Å²) < 4.78 is 14.3. The van der Waals surface area contributed by atoms with Crippen molar-refractivity contribution in [3.05, 3.63) is 104 Å². The second-order valence-corrected chi connectivity index (χ2v) is 11.2. The Balaban J connectivity index is 1.91. The number of nitrogens with zero attached hydrogens (tertiary/aromatic N) is 1. The number of hydrogen-bond donors (Lipinski definition) is 1. The predicted octanol–water partition coefficient (Wildman–Crippen LogP) is 7.57. The van der Waals surface area contributed by atoms with Crippen LogP contribution in [0.5, 0.6) is 0 Å². The van der Waals surface area contributed by atoms with Gasteiger partial charge in [-0.25, -0.2) is 4.39 Å². The predicted molar refractivity (Wildman–Crippen MR) is 156 cm³/mol. The van der Waals surface area contributed by atoms with Gasteiger partial charge in [0.05, 0.1) is 5.75 Å². The minimum Gasteiger partial charge on any atom is -0.352 e. The standard InChI is InChI=1S/C29H30Cl3FN2O2S/c1-3-19(2)34-29(37)27(14-20-8-5-4-6-9-20)35(16-21-12-13-22(30)15-25(21)32)28(36)18-38-17-23-24(31)10-7-11-26(23)33/h4-13,15,19,27H,3,14,16-18H2,1-2H3,(H,34,37)/t19-,27-/m0/s1. The Hall–Kier alpha value is -2.25. The van der Waals surface area contributed by atoms with Crippen LogP contribution in [0.25, 0.3) is 0 Å². The largest absolute Gasteiger partial charge is 0.352 e. The van der Waals surface area contributed by atoms with Gasteiger partial charge in [0.15, 0.2) is 0 Å². The fourth-order valence-electron chi connectivity index (χ4n) is 3.82. The lowest BCUT2D eigenvalue weighted by Gasteiger charge is -2.32. The van der Waals surface area contributed by atoms with Gasteiger partial charge < -0.3 is 10.2 Å². The Morgan fingerprint density at radius 1 is 1.00 bits per heavy atom. The topological polar surface area (TPSA) is 49.4 Å². The Morgan fingerprint density at radius 3 is 2.39 bits per heavy atom. The number of rotatable bonds is 12. The van der Waals surface area contributed by atoms with Crippen LogP contribution >= 0.6 is 46.6 Å². The molecule has 2 atom stereocenters. The van der Waals surface area contributed by atoms with E-state index >= 15 is 0 Å². The summed E-state index contributed by atoms with van der Waals surface area (Å²) in [6, 6.07) is 18.3. The molecule has 0 spiro atoms. The van der Waals surface area contributed by atoms with Crippen molar-refractivity contribution in [2.45, 2.75) is 51.1 Å². The average molecular weight is 596 g/mol. The molecule has 0 aliphatic rings. The molecular weight excluding hydrogens is 566 g/mol. The van der Waals surface area contributed by atoms with E-state index in [0.717, 1.165) is 12.0 Å². The van der Waals surface area contributed by atoms with E-state index in [0.29, 0.717) is 32.6 Å². The Morgan fingerprint density at radius 2 is 1.74 bits per heavy atom. The van der Waals surface area contributed by atoms with Gasteiger partial charge in [-0.2, -0.15) is 0 Å². The molecule has 0 unspecified atom stereocenters. The van der Waals surface area contributed by atoms with E-state index < -0.39 is 11.9 Å². The first-order chi connectivity index (χ1) is 18.2. The molecule has 0 heterocycles. The van der Waals surface area contributed by atoms with Crippen LogP contribution < -0.4 is 5.32 Å².